The first-order valence-corrected chi connectivity index (χ1v) is 9.89. The second kappa shape index (κ2) is 7.67. The van der Waals surface area contributed by atoms with Crippen LogP contribution in [0, 0.1) is 6.92 Å². The van der Waals surface area contributed by atoms with Crippen LogP contribution in [0.2, 0.25) is 0 Å². The van der Waals surface area contributed by atoms with Crippen LogP contribution < -0.4 is 5.32 Å². The van der Waals surface area contributed by atoms with Crippen LogP contribution in [0.15, 0.2) is 65.1 Å². The summed E-state index contributed by atoms with van der Waals surface area (Å²) in [6, 6.07) is 18.2. The van der Waals surface area contributed by atoms with E-state index in [2.05, 4.69) is 38.1 Å². The summed E-state index contributed by atoms with van der Waals surface area (Å²) in [5, 5.41) is 19.0. The first-order valence-electron chi connectivity index (χ1n) is 8.02. The van der Waals surface area contributed by atoms with Crippen LogP contribution in [0.1, 0.15) is 11.3 Å². The van der Waals surface area contributed by atoms with Crippen molar-refractivity contribution >= 4 is 33.9 Å². The summed E-state index contributed by atoms with van der Waals surface area (Å²) in [6.07, 6.45) is 0. The van der Waals surface area contributed by atoms with Crippen molar-refractivity contribution in [2.75, 3.05) is 5.32 Å². The van der Waals surface area contributed by atoms with Gasteiger partial charge < -0.3 is 5.32 Å². The average Bonchev–Trinajstić information content (AvgIpc) is 3.31. The molecule has 0 aliphatic carbocycles. The van der Waals surface area contributed by atoms with Crippen LogP contribution in [0.4, 0.5) is 10.8 Å². The van der Waals surface area contributed by atoms with Crippen LogP contribution in [-0.2, 0) is 5.75 Å². The predicted molar refractivity (Wildman–Crippen MR) is 105 cm³/mol. The first-order chi connectivity index (χ1) is 12.8. The van der Waals surface area contributed by atoms with Crippen molar-refractivity contribution in [1.29, 1.82) is 0 Å². The maximum absolute atomic E-state index is 4.63. The van der Waals surface area contributed by atoms with E-state index in [1.807, 2.05) is 54.6 Å². The van der Waals surface area contributed by atoms with Gasteiger partial charge in [-0.3, -0.25) is 0 Å². The Labute approximate surface area is 159 Å². The van der Waals surface area contributed by atoms with E-state index in [1.54, 1.807) is 27.8 Å². The molecule has 0 saturated heterocycles. The Morgan fingerprint density at radius 3 is 2.69 bits per heavy atom. The Morgan fingerprint density at radius 1 is 1.08 bits per heavy atom. The Hall–Kier alpha value is -2.71. The monoisotopic (exact) mass is 380 g/mol. The van der Waals surface area contributed by atoms with Crippen molar-refractivity contribution in [1.82, 2.24) is 25.2 Å². The molecule has 0 spiro atoms. The number of thiazole rings is 1. The lowest BCUT2D eigenvalue weighted by Crippen LogP contribution is -1.99. The number of nitrogens with zero attached hydrogens (tertiary/aromatic N) is 5. The van der Waals surface area contributed by atoms with Gasteiger partial charge in [0.05, 0.1) is 11.4 Å². The van der Waals surface area contributed by atoms with Gasteiger partial charge in [-0.05, 0) is 41.6 Å². The zero-order chi connectivity index (χ0) is 17.8. The molecular weight excluding hydrogens is 364 g/mol. The molecule has 1 N–H and O–H groups in total. The highest BCUT2D eigenvalue weighted by Gasteiger charge is 2.10. The SMILES string of the molecule is Cc1ccc(-n2nnnc2SCc2csc(Nc3ccccc3)n2)cc1. The molecule has 130 valence electrons. The van der Waals surface area contributed by atoms with Gasteiger partial charge in [-0.2, -0.15) is 4.68 Å². The maximum Gasteiger partial charge on any atom is 0.214 e. The van der Waals surface area contributed by atoms with Gasteiger partial charge in [-0.25, -0.2) is 4.98 Å². The summed E-state index contributed by atoms with van der Waals surface area (Å²) in [6.45, 7) is 2.06. The summed E-state index contributed by atoms with van der Waals surface area (Å²) >= 11 is 3.16. The molecule has 0 amide bonds. The Balaban J connectivity index is 1.42. The largest absolute Gasteiger partial charge is 0.332 e. The minimum Gasteiger partial charge on any atom is -0.332 e. The summed E-state index contributed by atoms with van der Waals surface area (Å²) in [5.41, 5.74) is 4.19. The third-order valence-corrected chi connectivity index (χ3v) is 5.40. The average molecular weight is 381 g/mol. The van der Waals surface area contributed by atoms with Crippen LogP contribution in [0.3, 0.4) is 0 Å². The Kier molecular flexibility index (Phi) is 4.94. The molecule has 4 aromatic rings. The van der Waals surface area contributed by atoms with E-state index in [9.17, 15) is 0 Å². The lowest BCUT2D eigenvalue weighted by atomic mass is 10.2. The van der Waals surface area contributed by atoms with Gasteiger partial charge in [0.25, 0.3) is 0 Å². The molecule has 0 aliphatic heterocycles. The number of thioether (sulfide) groups is 1. The molecule has 6 nitrogen and oxygen atoms in total. The van der Waals surface area contributed by atoms with Gasteiger partial charge in [0.1, 0.15) is 0 Å². The van der Waals surface area contributed by atoms with Gasteiger partial charge in [-0.1, -0.05) is 47.7 Å². The molecule has 2 aromatic carbocycles. The van der Waals surface area contributed by atoms with Crippen LogP contribution >= 0.6 is 23.1 Å². The molecule has 4 rings (SSSR count). The molecule has 2 aromatic heterocycles. The van der Waals surface area contributed by atoms with Gasteiger partial charge >= 0.3 is 0 Å². The second-order valence-corrected chi connectivity index (χ2v) is 7.43. The maximum atomic E-state index is 4.63. The molecule has 0 aliphatic rings. The fourth-order valence-electron chi connectivity index (χ4n) is 2.33. The normalized spacial score (nSPS) is 10.8. The highest BCUT2D eigenvalue weighted by atomic mass is 32.2. The number of nitrogens with one attached hydrogen (secondary N) is 1. The van der Waals surface area contributed by atoms with Crippen LogP contribution in [-0.4, -0.2) is 25.2 Å². The third-order valence-electron chi connectivity index (χ3n) is 3.65. The van der Waals surface area contributed by atoms with Crippen LogP contribution in [0.25, 0.3) is 5.69 Å². The molecule has 2 heterocycles. The van der Waals surface area contributed by atoms with Gasteiger partial charge in [-0.15, -0.1) is 16.4 Å². The van der Waals surface area contributed by atoms with E-state index in [0.29, 0.717) is 5.75 Å². The fourth-order valence-corrected chi connectivity index (χ4v) is 3.95. The van der Waals surface area contributed by atoms with Gasteiger partial charge in [0.15, 0.2) is 5.13 Å². The highest BCUT2D eigenvalue weighted by molar-refractivity contribution is 7.98. The minimum atomic E-state index is 0.708. The number of aromatic nitrogens is 5. The van der Waals surface area contributed by atoms with Gasteiger partial charge in [0.2, 0.25) is 5.16 Å². The summed E-state index contributed by atoms with van der Waals surface area (Å²) in [5.74, 6) is 0.708. The lowest BCUT2D eigenvalue weighted by Gasteiger charge is -2.04. The van der Waals surface area contributed by atoms with Crippen molar-refractivity contribution in [2.45, 2.75) is 17.8 Å². The van der Waals surface area contributed by atoms with Gasteiger partial charge in [0, 0.05) is 16.8 Å². The van der Waals surface area contributed by atoms with E-state index in [1.165, 1.54) is 5.56 Å². The van der Waals surface area contributed by atoms with Crippen molar-refractivity contribution in [3.63, 3.8) is 0 Å². The van der Waals surface area contributed by atoms with E-state index >= 15 is 0 Å². The van der Waals surface area contributed by atoms with Crippen molar-refractivity contribution in [2.24, 2.45) is 0 Å². The topological polar surface area (TPSA) is 68.5 Å². The molecule has 0 radical (unpaired) electrons. The van der Waals surface area contributed by atoms with Crippen molar-refractivity contribution in [3.05, 3.63) is 71.2 Å². The molecule has 0 atom stereocenters. The molecular formula is C18H16N6S2. The van der Waals surface area contributed by atoms with E-state index in [0.717, 1.165) is 27.4 Å². The van der Waals surface area contributed by atoms with Crippen molar-refractivity contribution < 1.29 is 0 Å². The standard InChI is InChI=1S/C18H16N6S2/c1-13-7-9-16(10-8-13)24-18(21-22-23-24)26-12-15-11-25-17(20-15)19-14-5-3-2-4-6-14/h2-11H,12H2,1H3,(H,19,20). The molecule has 26 heavy (non-hydrogen) atoms. The molecule has 0 fully saturated rings. The predicted octanol–water partition coefficient (Wildman–Crippen LogP) is 4.46. The Bertz CT molecular complexity index is 978. The number of para-hydroxylation sites is 1. The number of aryl methyl sites for hydroxylation is 1. The van der Waals surface area contributed by atoms with Crippen LogP contribution in [0.5, 0.6) is 0 Å². The second-order valence-electron chi connectivity index (χ2n) is 5.63. The summed E-state index contributed by atoms with van der Waals surface area (Å²) in [7, 11) is 0. The number of anilines is 2. The highest BCUT2D eigenvalue weighted by Crippen LogP contribution is 2.26. The summed E-state index contributed by atoms with van der Waals surface area (Å²) in [4.78, 5) is 4.63. The first kappa shape index (κ1) is 16.7. The third kappa shape index (κ3) is 3.92. The van der Waals surface area contributed by atoms with E-state index < -0.39 is 0 Å². The van der Waals surface area contributed by atoms with Crippen molar-refractivity contribution in [3.8, 4) is 5.69 Å². The zero-order valence-corrected chi connectivity index (χ0v) is 15.7. The molecule has 0 bridgehead atoms. The lowest BCUT2D eigenvalue weighted by molar-refractivity contribution is 0.756. The number of hydrogen-bond acceptors (Lipinski definition) is 7. The van der Waals surface area contributed by atoms with E-state index in [-0.39, 0.29) is 0 Å². The molecule has 8 heteroatoms. The zero-order valence-electron chi connectivity index (χ0n) is 14.0. The number of tetrazole rings is 1. The van der Waals surface area contributed by atoms with E-state index in [4.69, 9.17) is 0 Å². The smallest absolute Gasteiger partial charge is 0.214 e. The fraction of sp³-hybridized carbons (Fsp3) is 0.111. The number of hydrogen-bond donors (Lipinski definition) is 1. The number of rotatable bonds is 6. The molecule has 0 saturated carbocycles. The summed E-state index contributed by atoms with van der Waals surface area (Å²) < 4.78 is 1.75. The minimum absolute atomic E-state index is 0.708. The Morgan fingerprint density at radius 2 is 1.88 bits per heavy atom. The quantitative estimate of drug-likeness (QED) is 0.498. The number of benzene rings is 2. The molecule has 0 unspecified atom stereocenters.